The van der Waals surface area contributed by atoms with Gasteiger partial charge < -0.3 is 10.4 Å². The first-order valence-corrected chi connectivity index (χ1v) is 11.5. The van der Waals surface area contributed by atoms with Crippen LogP contribution >= 0.6 is 22.9 Å². The highest BCUT2D eigenvalue weighted by Crippen LogP contribution is 2.26. The van der Waals surface area contributed by atoms with E-state index in [1.807, 2.05) is 45.9 Å². The Labute approximate surface area is 199 Å². The van der Waals surface area contributed by atoms with Crippen LogP contribution in [0.15, 0.2) is 46.3 Å². The molecular weight excluding hydrogens is 460 g/mol. The summed E-state index contributed by atoms with van der Waals surface area (Å²) in [6, 6.07) is 10.9. The predicted octanol–water partition coefficient (Wildman–Crippen LogP) is 4.42. The lowest BCUT2D eigenvalue weighted by molar-refractivity contribution is -0.110. The van der Waals surface area contributed by atoms with Gasteiger partial charge in [-0.25, -0.2) is 9.97 Å². The molecule has 0 aliphatic carbocycles. The van der Waals surface area contributed by atoms with Crippen LogP contribution in [0, 0.1) is 6.92 Å². The molecule has 0 radical (unpaired) electrons. The van der Waals surface area contributed by atoms with E-state index in [2.05, 4.69) is 30.8 Å². The van der Waals surface area contributed by atoms with Crippen molar-refractivity contribution in [3.05, 3.63) is 63.0 Å². The van der Waals surface area contributed by atoms with Crippen LogP contribution in [0.4, 0.5) is 5.13 Å². The fourth-order valence-electron chi connectivity index (χ4n) is 3.04. The third-order valence-electron chi connectivity index (χ3n) is 4.61. The van der Waals surface area contributed by atoms with Crippen LogP contribution in [0.3, 0.4) is 0 Å². The summed E-state index contributed by atoms with van der Waals surface area (Å²) < 4.78 is 0.975. The number of aromatic nitrogens is 3. The van der Waals surface area contributed by atoms with E-state index < -0.39 is 11.5 Å². The number of nitrogens with zero attached hydrogens (tertiary/aromatic N) is 3. The Balaban J connectivity index is 1.65. The van der Waals surface area contributed by atoms with Crippen molar-refractivity contribution in [3.8, 4) is 0 Å². The van der Waals surface area contributed by atoms with Gasteiger partial charge in [-0.3, -0.25) is 14.9 Å². The van der Waals surface area contributed by atoms with Crippen LogP contribution in [0.1, 0.15) is 32.0 Å². The van der Waals surface area contributed by atoms with Crippen molar-refractivity contribution in [1.29, 1.82) is 0 Å². The highest BCUT2D eigenvalue weighted by atomic mass is 35.5. The SMILES string of the molecule is Cc1ccc2nc(NC(=O)/C(Cc3nc4ccc(Cl)cc4[nH]c3=O)=N/NC(C)(C)C)sc2c1. The quantitative estimate of drug-likeness (QED) is 0.288. The number of fused-ring (bicyclic) bond motifs is 2. The number of halogens is 1. The standard InChI is InChI=1S/C23H23ClN6O2S/c1-12-5-7-15-19(9-12)33-22(27-15)28-21(32)18(29-30-23(2,3)4)11-17-20(31)26-16-10-13(24)6-8-14(16)25-17/h5-10,30H,11H2,1-4H3,(H,26,31)(H,27,28,32)/b29-18+. The number of anilines is 1. The number of carbonyl (C=O) groups is 1. The molecule has 0 saturated heterocycles. The molecule has 4 rings (SSSR count). The number of thiazole rings is 1. The number of benzene rings is 2. The summed E-state index contributed by atoms with van der Waals surface area (Å²) in [4.78, 5) is 37.4. The average molecular weight is 483 g/mol. The molecule has 33 heavy (non-hydrogen) atoms. The predicted molar refractivity (Wildman–Crippen MR) is 134 cm³/mol. The molecule has 0 fully saturated rings. The van der Waals surface area contributed by atoms with E-state index in [0.29, 0.717) is 21.2 Å². The molecule has 0 aliphatic rings. The zero-order chi connectivity index (χ0) is 23.8. The van der Waals surface area contributed by atoms with Crippen molar-refractivity contribution < 1.29 is 4.79 Å². The summed E-state index contributed by atoms with van der Waals surface area (Å²) in [5.41, 5.74) is 5.48. The molecule has 170 valence electrons. The third kappa shape index (κ3) is 5.55. The lowest BCUT2D eigenvalue weighted by Gasteiger charge is -2.18. The highest BCUT2D eigenvalue weighted by molar-refractivity contribution is 7.22. The molecule has 0 aliphatic heterocycles. The van der Waals surface area contributed by atoms with Crippen molar-refractivity contribution in [2.45, 2.75) is 39.7 Å². The topological polar surface area (TPSA) is 112 Å². The van der Waals surface area contributed by atoms with E-state index in [-0.39, 0.29) is 23.4 Å². The van der Waals surface area contributed by atoms with E-state index in [1.54, 1.807) is 18.2 Å². The Bertz CT molecular complexity index is 1450. The smallest absolute Gasteiger partial charge is 0.274 e. The van der Waals surface area contributed by atoms with Gasteiger partial charge in [0.1, 0.15) is 11.4 Å². The van der Waals surface area contributed by atoms with Gasteiger partial charge in [0, 0.05) is 17.0 Å². The monoisotopic (exact) mass is 482 g/mol. The second kappa shape index (κ2) is 8.92. The molecule has 4 aromatic rings. The minimum atomic E-state index is -0.458. The number of carbonyl (C=O) groups excluding carboxylic acids is 1. The Kier molecular flexibility index (Phi) is 6.18. The van der Waals surface area contributed by atoms with E-state index in [1.165, 1.54) is 11.3 Å². The molecule has 10 heteroatoms. The molecule has 0 bridgehead atoms. The minimum absolute atomic E-state index is 0.0627. The maximum Gasteiger partial charge on any atom is 0.274 e. The Hall–Kier alpha value is -3.30. The summed E-state index contributed by atoms with van der Waals surface area (Å²) in [7, 11) is 0. The molecule has 2 heterocycles. The van der Waals surface area contributed by atoms with Gasteiger partial charge in [-0.05, 0) is 63.6 Å². The van der Waals surface area contributed by atoms with Crippen molar-refractivity contribution in [3.63, 3.8) is 0 Å². The molecule has 8 nitrogen and oxygen atoms in total. The van der Waals surface area contributed by atoms with Gasteiger partial charge in [0.05, 0.1) is 21.3 Å². The molecule has 1 amide bonds. The zero-order valence-corrected chi connectivity index (χ0v) is 20.2. The van der Waals surface area contributed by atoms with Crippen LogP contribution < -0.4 is 16.3 Å². The maximum absolute atomic E-state index is 13.1. The van der Waals surface area contributed by atoms with Gasteiger partial charge >= 0.3 is 0 Å². The van der Waals surface area contributed by atoms with Gasteiger partial charge in [0.15, 0.2) is 5.13 Å². The molecule has 0 saturated carbocycles. The fourth-order valence-corrected chi connectivity index (χ4v) is 4.17. The second-order valence-electron chi connectivity index (χ2n) is 8.72. The van der Waals surface area contributed by atoms with Crippen LogP contribution in [0.5, 0.6) is 0 Å². The van der Waals surface area contributed by atoms with Gasteiger partial charge in [0.2, 0.25) is 0 Å². The number of aromatic amines is 1. The third-order valence-corrected chi connectivity index (χ3v) is 5.78. The highest BCUT2D eigenvalue weighted by Gasteiger charge is 2.20. The van der Waals surface area contributed by atoms with E-state index >= 15 is 0 Å². The first kappa shape index (κ1) is 22.9. The summed E-state index contributed by atoms with van der Waals surface area (Å²) in [5, 5.41) is 8.07. The number of amides is 1. The van der Waals surface area contributed by atoms with Gasteiger partial charge in [-0.15, -0.1) is 0 Å². The van der Waals surface area contributed by atoms with Crippen molar-refractivity contribution in [2.75, 3.05) is 5.32 Å². The molecule has 0 unspecified atom stereocenters. The number of nitrogens with one attached hydrogen (secondary N) is 3. The van der Waals surface area contributed by atoms with Crippen LogP contribution in [0.2, 0.25) is 5.02 Å². The summed E-state index contributed by atoms with van der Waals surface area (Å²) in [5.74, 6) is -0.458. The Morgan fingerprint density at radius 3 is 2.67 bits per heavy atom. The van der Waals surface area contributed by atoms with Gasteiger partial charge in [-0.2, -0.15) is 5.10 Å². The Morgan fingerprint density at radius 2 is 1.91 bits per heavy atom. The second-order valence-corrected chi connectivity index (χ2v) is 10.2. The number of hydrogen-bond donors (Lipinski definition) is 3. The summed E-state index contributed by atoms with van der Waals surface area (Å²) >= 11 is 7.38. The fraction of sp³-hybridized carbons (Fsp3) is 0.261. The molecular formula is C23H23ClN6O2S. The average Bonchev–Trinajstić information content (AvgIpc) is 3.11. The number of aryl methyl sites for hydroxylation is 1. The van der Waals surface area contributed by atoms with E-state index in [9.17, 15) is 9.59 Å². The first-order valence-electron chi connectivity index (χ1n) is 10.3. The maximum atomic E-state index is 13.1. The summed E-state index contributed by atoms with van der Waals surface area (Å²) in [6.07, 6.45) is -0.0627. The normalized spacial score (nSPS) is 12.3. The van der Waals surface area contributed by atoms with Crippen LogP contribution in [-0.4, -0.2) is 32.1 Å². The minimum Gasteiger partial charge on any atom is -0.319 e. The van der Waals surface area contributed by atoms with Crippen molar-refractivity contribution >= 4 is 60.9 Å². The summed E-state index contributed by atoms with van der Waals surface area (Å²) in [6.45, 7) is 7.77. The van der Waals surface area contributed by atoms with Crippen LogP contribution in [0.25, 0.3) is 21.3 Å². The van der Waals surface area contributed by atoms with Gasteiger partial charge in [-0.1, -0.05) is 29.0 Å². The zero-order valence-electron chi connectivity index (χ0n) is 18.6. The van der Waals surface area contributed by atoms with Crippen LogP contribution in [-0.2, 0) is 11.2 Å². The lowest BCUT2D eigenvalue weighted by Crippen LogP contribution is -2.36. The first-order chi connectivity index (χ1) is 15.6. The molecule has 3 N–H and O–H groups in total. The molecule has 2 aromatic carbocycles. The Morgan fingerprint density at radius 1 is 1.15 bits per heavy atom. The lowest BCUT2D eigenvalue weighted by atomic mass is 10.1. The molecule has 2 aromatic heterocycles. The van der Waals surface area contributed by atoms with E-state index in [0.717, 1.165) is 15.8 Å². The largest absolute Gasteiger partial charge is 0.319 e. The van der Waals surface area contributed by atoms with Crippen molar-refractivity contribution in [1.82, 2.24) is 20.4 Å². The van der Waals surface area contributed by atoms with Crippen molar-refractivity contribution in [2.24, 2.45) is 5.10 Å². The van der Waals surface area contributed by atoms with Gasteiger partial charge in [0.25, 0.3) is 11.5 Å². The number of H-pyrrole nitrogens is 1. The number of rotatable bonds is 5. The molecule has 0 atom stereocenters. The van der Waals surface area contributed by atoms with E-state index in [4.69, 9.17) is 11.6 Å². The number of hydrazone groups is 1. The molecule has 0 spiro atoms. The number of hydrogen-bond acceptors (Lipinski definition) is 7.